The van der Waals surface area contributed by atoms with E-state index in [9.17, 15) is 0 Å². The van der Waals surface area contributed by atoms with Crippen molar-refractivity contribution in [1.29, 1.82) is 0 Å². The van der Waals surface area contributed by atoms with Crippen molar-refractivity contribution in [2.75, 3.05) is 0 Å². The zero-order valence-corrected chi connectivity index (χ0v) is 23.0. The minimum atomic E-state index is 0.721. The summed E-state index contributed by atoms with van der Waals surface area (Å²) in [5, 5.41) is 22.0. The molecule has 2 heterocycles. The highest BCUT2D eigenvalue weighted by Crippen LogP contribution is 2.38. The van der Waals surface area contributed by atoms with Gasteiger partial charge in [0.15, 0.2) is 22.7 Å². The van der Waals surface area contributed by atoms with Crippen LogP contribution in [-0.2, 0) is 0 Å². The number of aromatic nitrogens is 8. The summed E-state index contributed by atoms with van der Waals surface area (Å²) >= 11 is 0. The third kappa shape index (κ3) is 4.38. The van der Waals surface area contributed by atoms with Crippen LogP contribution in [0.2, 0.25) is 0 Å². The van der Waals surface area contributed by atoms with Crippen LogP contribution in [0.5, 0.6) is 0 Å². The average Bonchev–Trinajstić information content (AvgIpc) is 3.82. The summed E-state index contributed by atoms with van der Waals surface area (Å²) in [7, 11) is 0. The summed E-state index contributed by atoms with van der Waals surface area (Å²) < 4.78 is 3.79. The predicted molar refractivity (Wildman–Crippen MR) is 163 cm³/mol. The number of para-hydroxylation sites is 4. The SMILES string of the molecule is c1ccc(-n2n[n+](-c3ccccc3)nc2-c2c[c-](-c3n[n+](-c4ccccc4)nn3-c3ccccc3)c3ccccc23)cc1. The quantitative estimate of drug-likeness (QED) is 0.197. The highest BCUT2D eigenvalue weighted by atomic mass is 15.6. The van der Waals surface area contributed by atoms with E-state index in [1.807, 2.05) is 131 Å². The van der Waals surface area contributed by atoms with Gasteiger partial charge in [-0.1, -0.05) is 93.8 Å². The lowest BCUT2D eigenvalue weighted by Crippen LogP contribution is -2.36. The van der Waals surface area contributed by atoms with Crippen molar-refractivity contribution in [3.63, 3.8) is 0 Å². The normalized spacial score (nSPS) is 11.3. The molecule has 0 N–H and O–H groups in total. The maximum atomic E-state index is 5.04. The lowest BCUT2D eigenvalue weighted by Gasteiger charge is -2.03. The number of fused-ring (bicyclic) bond motifs is 1. The number of rotatable bonds is 6. The van der Waals surface area contributed by atoms with E-state index in [0.717, 1.165) is 56.3 Å². The number of hydrogen-bond donors (Lipinski definition) is 0. The molecule has 43 heavy (non-hydrogen) atoms. The van der Waals surface area contributed by atoms with E-state index < -0.39 is 0 Å². The molecular formula is C35H25N8+. The van der Waals surface area contributed by atoms with E-state index >= 15 is 0 Å². The van der Waals surface area contributed by atoms with Crippen LogP contribution in [0.4, 0.5) is 0 Å². The summed E-state index contributed by atoms with van der Waals surface area (Å²) in [6, 6.07) is 50.6. The molecule has 0 saturated heterocycles. The van der Waals surface area contributed by atoms with E-state index in [4.69, 9.17) is 20.6 Å². The largest absolute Gasteiger partial charge is 0.255 e. The van der Waals surface area contributed by atoms with E-state index in [2.05, 4.69) is 30.3 Å². The minimum Gasteiger partial charge on any atom is -0.136 e. The highest BCUT2D eigenvalue weighted by Gasteiger charge is 2.26. The van der Waals surface area contributed by atoms with Crippen molar-refractivity contribution < 1.29 is 9.59 Å². The van der Waals surface area contributed by atoms with E-state index in [1.165, 1.54) is 0 Å². The molecule has 204 valence electrons. The molecule has 8 aromatic rings. The van der Waals surface area contributed by atoms with Crippen molar-refractivity contribution >= 4 is 10.8 Å². The Kier molecular flexibility index (Phi) is 5.93. The molecule has 2 aromatic heterocycles. The first-order valence-corrected chi connectivity index (χ1v) is 14.0. The third-order valence-electron chi connectivity index (χ3n) is 7.38. The summed E-state index contributed by atoms with van der Waals surface area (Å²) in [5.41, 5.74) is 5.49. The molecule has 0 spiro atoms. The smallest absolute Gasteiger partial charge is 0.136 e. The molecule has 8 nitrogen and oxygen atoms in total. The third-order valence-corrected chi connectivity index (χ3v) is 7.38. The monoisotopic (exact) mass is 557 g/mol. The van der Waals surface area contributed by atoms with Gasteiger partial charge in [0.05, 0.1) is 0 Å². The molecule has 0 fully saturated rings. The second-order valence-electron chi connectivity index (χ2n) is 10.1. The first-order chi connectivity index (χ1) is 21.3. The van der Waals surface area contributed by atoms with Crippen LogP contribution in [0, 0.1) is 0 Å². The molecule has 0 saturated carbocycles. The van der Waals surface area contributed by atoms with Gasteiger partial charge in [0.25, 0.3) is 5.82 Å². The zero-order chi connectivity index (χ0) is 28.6. The zero-order valence-electron chi connectivity index (χ0n) is 23.0. The Labute approximate surface area is 247 Å². The van der Waals surface area contributed by atoms with Crippen LogP contribution < -0.4 is 9.59 Å². The van der Waals surface area contributed by atoms with Gasteiger partial charge in [0.1, 0.15) is 10.4 Å². The molecule has 6 aromatic carbocycles. The molecule has 0 aliphatic heterocycles. The summed E-state index contributed by atoms with van der Waals surface area (Å²) in [6.45, 7) is 0. The lowest BCUT2D eigenvalue weighted by molar-refractivity contribution is -0.717. The Morgan fingerprint density at radius 1 is 0.488 bits per heavy atom. The van der Waals surface area contributed by atoms with Gasteiger partial charge in [-0.3, -0.25) is 0 Å². The number of nitrogens with zero attached hydrogens (tertiary/aromatic N) is 8. The molecule has 8 rings (SSSR count). The van der Waals surface area contributed by atoms with Crippen molar-refractivity contribution in [2.24, 2.45) is 0 Å². The second kappa shape index (κ2) is 10.4. The number of benzene rings is 5. The number of tetrazole rings is 2. The standard InChI is InChI=1S/C35H25N8/c1-5-15-26(16-6-1)40-34(36-42(38-40)28-19-9-3-10-20-28)32-25-33(31-24-14-13-23-30(31)32)35-37-43(29-21-11-4-12-22-29)39-41(35)27-17-7-2-8-18-27/h1-25H/q+1. The predicted octanol–water partition coefficient (Wildman–Crippen LogP) is 5.61. The van der Waals surface area contributed by atoms with Gasteiger partial charge in [-0.2, -0.15) is 0 Å². The van der Waals surface area contributed by atoms with Gasteiger partial charge >= 0.3 is 0 Å². The van der Waals surface area contributed by atoms with Crippen molar-refractivity contribution in [1.82, 2.24) is 30.0 Å². The summed E-state index contributed by atoms with van der Waals surface area (Å²) in [6.07, 6.45) is 0. The summed E-state index contributed by atoms with van der Waals surface area (Å²) in [4.78, 5) is 3.36. The molecule has 0 aliphatic rings. The van der Waals surface area contributed by atoms with Gasteiger partial charge < -0.3 is 0 Å². The first kappa shape index (κ1) is 24.6. The van der Waals surface area contributed by atoms with E-state index in [-0.39, 0.29) is 0 Å². The molecule has 0 radical (unpaired) electrons. The molecule has 0 bridgehead atoms. The Hall–Kier alpha value is -6.15. The fourth-order valence-corrected chi connectivity index (χ4v) is 5.34. The molecule has 0 atom stereocenters. The molecule has 0 aliphatic carbocycles. The second-order valence-corrected chi connectivity index (χ2v) is 10.1. The maximum Gasteiger partial charge on any atom is 0.255 e. The molecule has 0 unspecified atom stereocenters. The average molecular weight is 558 g/mol. The fourth-order valence-electron chi connectivity index (χ4n) is 5.34. The number of hydrogen-bond acceptors (Lipinski definition) is 4. The molecule has 0 amide bonds. The topological polar surface area (TPSA) is 69.2 Å². The van der Waals surface area contributed by atoms with Crippen LogP contribution in [0.15, 0.2) is 152 Å². The van der Waals surface area contributed by atoms with Crippen molar-refractivity contribution in [2.45, 2.75) is 0 Å². The van der Waals surface area contributed by atoms with Gasteiger partial charge in [-0.25, -0.2) is 0 Å². The van der Waals surface area contributed by atoms with Gasteiger partial charge in [0.2, 0.25) is 5.82 Å². The summed E-state index contributed by atoms with van der Waals surface area (Å²) in [5.74, 6) is 1.44. The van der Waals surface area contributed by atoms with Crippen molar-refractivity contribution in [3.05, 3.63) is 152 Å². The van der Waals surface area contributed by atoms with Crippen LogP contribution in [-0.4, -0.2) is 30.0 Å². The van der Waals surface area contributed by atoms with Crippen molar-refractivity contribution in [3.8, 4) is 45.5 Å². The molecule has 8 heteroatoms. The van der Waals surface area contributed by atoms with E-state index in [1.54, 1.807) is 9.59 Å². The van der Waals surface area contributed by atoms with Gasteiger partial charge in [-0.15, -0.1) is 35.0 Å². The van der Waals surface area contributed by atoms with E-state index in [0.29, 0.717) is 0 Å². The van der Waals surface area contributed by atoms with Gasteiger partial charge in [-0.05, 0) is 64.3 Å². The highest BCUT2D eigenvalue weighted by molar-refractivity contribution is 6.07. The Bertz CT molecular complexity index is 2010. The Morgan fingerprint density at radius 3 is 1.60 bits per heavy atom. The van der Waals surface area contributed by atoms with Crippen LogP contribution >= 0.6 is 0 Å². The fraction of sp³-hybridized carbons (Fsp3) is 0. The minimum absolute atomic E-state index is 0.721. The first-order valence-electron chi connectivity index (χ1n) is 14.0. The van der Waals surface area contributed by atoms with Crippen LogP contribution in [0.25, 0.3) is 56.3 Å². The Morgan fingerprint density at radius 2 is 0.977 bits per heavy atom. The lowest BCUT2D eigenvalue weighted by atomic mass is 10.1. The Balaban J connectivity index is 1.38. The van der Waals surface area contributed by atoms with Crippen LogP contribution in [0.1, 0.15) is 0 Å². The maximum absolute atomic E-state index is 5.04. The molecular weight excluding hydrogens is 532 g/mol. The van der Waals surface area contributed by atoms with Crippen LogP contribution in [0.3, 0.4) is 0 Å². The van der Waals surface area contributed by atoms with Gasteiger partial charge in [0, 0.05) is 9.59 Å².